The second-order valence-electron chi connectivity index (χ2n) is 3.85. The second-order valence-corrected chi connectivity index (χ2v) is 5.46. The molecule has 1 aromatic carbocycles. The lowest BCUT2D eigenvalue weighted by molar-refractivity contribution is 0.621. The zero-order valence-corrected chi connectivity index (χ0v) is 11.8. The van der Waals surface area contributed by atoms with Crippen LogP contribution in [0.2, 0.25) is 0 Å². The zero-order valence-electron chi connectivity index (χ0n) is 9.37. The van der Waals surface area contributed by atoms with E-state index in [1.807, 2.05) is 13.8 Å². The van der Waals surface area contributed by atoms with Gasteiger partial charge in [-0.25, -0.2) is 4.39 Å². The summed E-state index contributed by atoms with van der Waals surface area (Å²) in [6.07, 6.45) is 0. The summed E-state index contributed by atoms with van der Waals surface area (Å²) in [6.45, 7) is 4.07. The highest BCUT2D eigenvalue weighted by atomic mass is 79.9. The lowest BCUT2D eigenvalue weighted by Crippen LogP contribution is -2.08. The Labute approximate surface area is 111 Å². The van der Waals surface area contributed by atoms with Crippen molar-refractivity contribution in [2.45, 2.75) is 19.9 Å². The van der Waals surface area contributed by atoms with Gasteiger partial charge >= 0.3 is 0 Å². The molecule has 1 heterocycles. The van der Waals surface area contributed by atoms with Gasteiger partial charge in [0.15, 0.2) is 5.82 Å². The molecule has 2 aromatic rings. The summed E-state index contributed by atoms with van der Waals surface area (Å²) in [4.78, 5) is 4.34. The van der Waals surface area contributed by atoms with E-state index in [9.17, 15) is 4.39 Å². The molecule has 0 saturated carbocycles. The minimum absolute atomic E-state index is 0.287. The second kappa shape index (κ2) is 5.10. The minimum Gasteiger partial charge on any atom is -0.358 e. The van der Waals surface area contributed by atoms with Gasteiger partial charge < -0.3 is 5.32 Å². The summed E-state index contributed by atoms with van der Waals surface area (Å²) >= 11 is 4.45. The van der Waals surface area contributed by atoms with Crippen LogP contribution in [0.15, 0.2) is 22.7 Å². The van der Waals surface area contributed by atoms with Gasteiger partial charge in [0.1, 0.15) is 5.82 Å². The van der Waals surface area contributed by atoms with Crippen LogP contribution in [0.5, 0.6) is 0 Å². The number of nitrogens with zero attached hydrogens (tertiary/aromatic N) is 2. The topological polar surface area (TPSA) is 37.8 Å². The van der Waals surface area contributed by atoms with Crippen LogP contribution in [0, 0.1) is 5.82 Å². The summed E-state index contributed by atoms with van der Waals surface area (Å²) in [6, 6.07) is 5.06. The molecule has 0 bridgehead atoms. The maximum absolute atomic E-state index is 13.1. The first-order valence-electron chi connectivity index (χ1n) is 5.12. The number of aromatic nitrogens is 2. The summed E-state index contributed by atoms with van der Waals surface area (Å²) in [5.74, 6) is 0.323. The van der Waals surface area contributed by atoms with Gasteiger partial charge in [-0.15, -0.1) is 0 Å². The molecule has 2 rings (SSSR count). The predicted octanol–water partition coefficient (Wildman–Crippen LogP) is 3.93. The molecule has 0 radical (unpaired) electrons. The SMILES string of the molecule is CC(C)Nc1nc(-c2ccc(F)c(Br)c2)ns1. The molecule has 3 nitrogen and oxygen atoms in total. The van der Waals surface area contributed by atoms with Gasteiger partial charge in [0.25, 0.3) is 0 Å². The average Bonchev–Trinajstić information content (AvgIpc) is 2.69. The number of hydrogen-bond acceptors (Lipinski definition) is 4. The molecule has 6 heteroatoms. The van der Waals surface area contributed by atoms with E-state index in [2.05, 4.69) is 30.6 Å². The third-order valence-corrected chi connectivity index (χ3v) is 3.27. The van der Waals surface area contributed by atoms with Crippen molar-refractivity contribution >= 4 is 32.6 Å². The van der Waals surface area contributed by atoms with Crippen molar-refractivity contribution in [1.29, 1.82) is 0 Å². The van der Waals surface area contributed by atoms with E-state index in [1.165, 1.54) is 17.6 Å². The highest BCUT2D eigenvalue weighted by Gasteiger charge is 2.09. The Hall–Kier alpha value is -1.01. The van der Waals surface area contributed by atoms with Crippen LogP contribution in [0.3, 0.4) is 0 Å². The van der Waals surface area contributed by atoms with Crippen molar-refractivity contribution in [2.75, 3.05) is 5.32 Å². The molecule has 0 aliphatic rings. The van der Waals surface area contributed by atoms with Gasteiger partial charge in [-0.1, -0.05) is 0 Å². The molecule has 0 aliphatic heterocycles. The first-order chi connectivity index (χ1) is 8.06. The molecule has 1 N–H and O–H groups in total. The monoisotopic (exact) mass is 315 g/mol. The molecular formula is C11H11BrFN3S. The van der Waals surface area contributed by atoms with Crippen LogP contribution in [0.4, 0.5) is 9.52 Å². The first-order valence-corrected chi connectivity index (χ1v) is 6.68. The van der Waals surface area contributed by atoms with Gasteiger partial charge in [-0.05, 0) is 48.0 Å². The number of rotatable bonds is 3. The van der Waals surface area contributed by atoms with Crippen LogP contribution in [-0.4, -0.2) is 15.4 Å². The van der Waals surface area contributed by atoms with Crippen LogP contribution < -0.4 is 5.32 Å². The van der Waals surface area contributed by atoms with Crippen LogP contribution in [-0.2, 0) is 0 Å². The van der Waals surface area contributed by atoms with Crippen LogP contribution >= 0.6 is 27.5 Å². The maximum Gasteiger partial charge on any atom is 0.203 e. The van der Waals surface area contributed by atoms with Crippen molar-refractivity contribution in [1.82, 2.24) is 9.36 Å². The predicted molar refractivity (Wildman–Crippen MR) is 71.8 cm³/mol. The Bertz CT molecular complexity index is 527. The Balaban J connectivity index is 2.27. The third-order valence-electron chi connectivity index (χ3n) is 2.02. The average molecular weight is 316 g/mol. The Morgan fingerprint density at radius 2 is 2.18 bits per heavy atom. The summed E-state index contributed by atoms with van der Waals surface area (Å²) in [7, 11) is 0. The highest BCUT2D eigenvalue weighted by molar-refractivity contribution is 9.10. The normalized spacial score (nSPS) is 10.9. The number of anilines is 1. The van der Waals surface area contributed by atoms with Crippen LogP contribution in [0.1, 0.15) is 13.8 Å². The molecule has 0 atom stereocenters. The van der Waals surface area contributed by atoms with Gasteiger partial charge in [-0.2, -0.15) is 9.36 Å². The summed E-state index contributed by atoms with van der Waals surface area (Å²) < 4.78 is 17.7. The third kappa shape index (κ3) is 3.01. The fourth-order valence-electron chi connectivity index (χ4n) is 1.28. The van der Waals surface area contributed by atoms with E-state index in [4.69, 9.17) is 0 Å². The Kier molecular flexibility index (Phi) is 3.73. The highest BCUT2D eigenvalue weighted by Crippen LogP contribution is 2.25. The molecule has 0 aliphatic carbocycles. The standard InChI is InChI=1S/C11H11BrFN3S/c1-6(2)14-11-15-10(16-17-11)7-3-4-9(13)8(12)5-7/h3-6H,1-2H3,(H,14,15,16). The molecule has 0 spiro atoms. The van der Waals surface area contributed by atoms with Crippen LogP contribution in [0.25, 0.3) is 11.4 Å². The van der Waals surface area contributed by atoms with Crippen molar-refractivity contribution < 1.29 is 4.39 Å². The number of benzene rings is 1. The minimum atomic E-state index is -0.287. The Morgan fingerprint density at radius 1 is 1.41 bits per heavy atom. The Morgan fingerprint density at radius 3 is 2.82 bits per heavy atom. The molecule has 0 amide bonds. The van der Waals surface area contributed by atoms with E-state index >= 15 is 0 Å². The van der Waals surface area contributed by atoms with E-state index in [0.717, 1.165) is 10.7 Å². The molecular weight excluding hydrogens is 305 g/mol. The lowest BCUT2D eigenvalue weighted by Gasteiger charge is -2.03. The fraction of sp³-hybridized carbons (Fsp3) is 0.273. The summed E-state index contributed by atoms with van der Waals surface area (Å²) in [5.41, 5.74) is 0.798. The lowest BCUT2D eigenvalue weighted by atomic mass is 10.2. The fourth-order valence-corrected chi connectivity index (χ4v) is 2.40. The van der Waals surface area contributed by atoms with Crippen molar-refractivity contribution in [3.8, 4) is 11.4 Å². The molecule has 0 fully saturated rings. The van der Waals surface area contributed by atoms with Crippen molar-refractivity contribution in [3.63, 3.8) is 0 Å². The first kappa shape index (κ1) is 12.4. The quantitative estimate of drug-likeness (QED) is 0.932. The largest absolute Gasteiger partial charge is 0.358 e. The number of hydrogen-bond donors (Lipinski definition) is 1. The van der Waals surface area contributed by atoms with Gasteiger partial charge in [0.2, 0.25) is 5.13 Å². The zero-order chi connectivity index (χ0) is 12.4. The van der Waals surface area contributed by atoms with E-state index in [1.54, 1.807) is 12.1 Å². The van der Waals surface area contributed by atoms with Gasteiger partial charge in [0.05, 0.1) is 4.47 Å². The smallest absolute Gasteiger partial charge is 0.203 e. The van der Waals surface area contributed by atoms with Crippen molar-refractivity contribution in [3.05, 3.63) is 28.5 Å². The van der Waals surface area contributed by atoms with E-state index in [0.29, 0.717) is 16.3 Å². The van der Waals surface area contributed by atoms with Crippen molar-refractivity contribution in [2.24, 2.45) is 0 Å². The molecule has 1 aromatic heterocycles. The molecule has 17 heavy (non-hydrogen) atoms. The maximum atomic E-state index is 13.1. The molecule has 0 unspecified atom stereocenters. The number of nitrogens with one attached hydrogen (secondary N) is 1. The molecule has 0 saturated heterocycles. The van der Waals surface area contributed by atoms with E-state index in [-0.39, 0.29) is 5.82 Å². The summed E-state index contributed by atoms with van der Waals surface area (Å²) in [5, 5.41) is 3.95. The molecule has 90 valence electrons. The van der Waals surface area contributed by atoms with E-state index < -0.39 is 0 Å². The van der Waals surface area contributed by atoms with Gasteiger partial charge in [-0.3, -0.25) is 0 Å². The van der Waals surface area contributed by atoms with Gasteiger partial charge in [0, 0.05) is 23.1 Å². The number of halogens is 2.